The van der Waals surface area contributed by atoms with Gasteiger partial charge >= 0.3 is 11.7 Å². The summed E-state index contributed by atoms with van der Waals surface area (Å²) in [6, 6.07) is 20.5. The van der Waals surface area contributed by atoms with Gasteiger partial charge in [-0.2, -0.15) is 0 Å². The molecule has 10 heteroatoms. The molecule has 0 fully saturated rings. The molecule has 0 aliphatic rings. The number of carboxylic acids is 1. The van der Waals surface area contributed by atoms with Crippen molar-refractivity contribution >= 4 is 28.7 Å². The number of rotatable bonds is 10. The van der Waals surface area contributed by atoms with E-state index in [1.165, 1.54) is 6.92 Å². The highest BCUT2D eigenvalue weighted by Crippen LogP contribution is 2.14. The summed E-state index contributed by atoms with van der Waals surface area (Å²) in [5, 5.41) is 14.9. The lowest BCUT2D eigenvalue weighted by Crippen LogP contribution is -2.53. The van der Waals surface area contributed by atoms with Gasteiger partial charge in [0.15, 0.2) is 0 Å². The van der Waals surface area contributed by atoms with E-state index in [0.717, 1.165) is 10.1 Å². The minimum absolute atomic E-state index is 0.00803. The molecule has 0 saturated heterocycles. The molecule has 4 rings (SSSR count). The summed E-state index contributed by atoms with van der Waals surface area (Å²) in [5.74, 6) is -2.67. The van der Waals surface area contributed by atoms with Crippen LogP contribution in [0.3, 0.4) is 0 Å². The van der Waals surface area contributed by atoms with Crippen molar-refractivity contribution in [2.45, 2.75) is 37.9 Å². The number of hydrogen-bond acceptors (Lipinski definition) is 5. The van der Waals surface area contributed by atoms with E-state index in [1.54, 1.807) is 84.9 Å². The smallest absolute Gasteiger partial charge is 0.329 e. The molecule has 10 nitrogen and oxygen atoms in total. The Morgan fingerprint density at radius 3 is 1.97 bits per heavy atom. The van der Waals surface area contributed by atoms with Crippen LogP contribution >= 0.6 is 0 Å². The molecule has 4 aromatic rings. The first-order chi connectivity index (χ1) is 18.7. The van der Waals surface area contributed by atoms with Gasteiger partial charge in [-0.25, -0.2) is 14.2 Å². The Morgan fingerprint density at radius 1 is 0.795 bits per heavy atom. The average Bonchev–Trinajstić information content (AvgIpc) is 2.93. The fraction of sp³-hybridized carbons (Fsp3) is 0.207. The first kappa shape index (κ1) is 27.1. The molecule has 0 saturated carbocycles. The zero-order chi connectivity index (χ0) is 27.9. The van der Waals surface area contributed by atoms with Gasteiger partial charge in [-0.05, 0) is 30.2 Å². The van der Waals surface area contributed by atoms with Crippen LogP contribution in [-0.2, 0) is 27.2 Å². The monoisotopic (exact) mass is 528 g/mol. The molecule has 0 radical (unpaired) electrons. The van der Waals surface area contributed by atoms with E-state index in [0.29, 0.717) is 11.1 Å². The van der Waals surface area contributed by atoms with Crippen molar-refractivity contribution in [1.82, 2.24) is 20.2 Å². The van der Waals surface area contributed by atoms with Crippen LogP contribution in [0.15, 0.2) is 94.5 Å². The van der Waals surface area contributed by atoms with E-state index in [2.05, 4.69) is 15.6 Å². The van der Waals surface area contributed by atoms with E-state index >= 15 is 0 Å². The fourth-order valence-corrected chi connectivity index (χ4v) is 4.32. The van der Waals surface area contributed by atoms with Crippen molar-refractivity contribution in [3.8, 4) is 0 Å². The molecule has 3 unspecified atom stereocenters. The third kappa shape index (κ3) is 6.48. The molecule has 0 aliphatic carbocycles. The number of aromatic nitrogens is 2. The highest BCUT2D eigenvalue weighted by Gasteiger charge is 2.29. The lowest BCUT2D eigenvalue weighted by atomic mass is 10.0. The number of fused-ring (bicyclic) bond motifs is 1. The molecular formula is C29H28N4O6. The van der Waals surface area contributed by atoms with Gasteiger partial charge in [-0.1, -0.05) is 72.8 Å². The lowest BCUT2D eigenvalue weighted by molar-refractivity contribution is -0.142. The van der Waals surface area contributed by atoms with Crippen molar-refractivity contribution in [3.63, 3.8) is 0 Å². The first-order valence-electron chi connectivity index (χ1n) is 12.4. The summed E-state index contributed by atoms with van der Waals surface area (Å²) in [6.45, 7) is 1.40. The SMILES string of the molecule is CC(NC(=O)C(Cc1ccccc1)n1c(=O)[nH]c2ccccc2c1=O)C(=O)NC(Cc1ccccc1)C(=O)O. The number of carboxylic acid groups (broad SMARTS) is 1. The Bertz CT molecular complexity index is 1600. The zero-order valence-corrected chi connectivity index (χ0v) is 21.2. The van der Waals surface area contributed by atoms with E-state index in [4.69, 9.17) is 0 Å². The van der Waals surface area contributed by atoms with Crippen LogP contribution in [0, 0.1) is 0 Å². The van der Waals surface area contributed by atoms with Gasteiger partial charge in [-0.3, -0.25) is 14.4 Å². The Morgan fingerprint density at radius 2 is 1.36 bits per heavy atom. The topological polar surface area (TPSA) is 150 Å². The number of nitrogens with one attached hydrogen (secondary N) is 3. The largest absolute Gasteiger partial charge is 0.480 e. The number of carbonyl (C=O) groups excluding carboxylic acids is 2. The van der Waals surface area contributed by atoms with E-state index < -0.39 is 47.2 Å². The summed E-state index contributed by atoms with van der Waals surface area (Å²) in [7, 11) is 0. The predicted molar refractivity (Wildman–Crippen MR) is 145 cm³/mol. The molecule has 4 N–H and O–H groups in total. The Balaban J connectivity index is 1.59. The molecular weight excluding hydrogens is 500 g/mol. The third-order valence-electron chi connectivity index (χ3n) is 6.37. The number of nitrogens with zero attached hydrogens (tertiary/aromatic N) is 1. The minimum Gasteiger partial charge on any atom is -0.480 e. The van der Waals surface area contributed by atoms with E-state index in [1.807, 2.05) is 0 Å². The first-order valence-corrected chi connectivity index (χ1v) is 12.4. The number of aliphatic carboxylic acids is 1. The summed E-state index contributed by atoms with van der Waals surface area (Å²) >= 11 is 0. The maximum absolute atomic E-state index is 13.5. The molecule has 0 bridgehead atoms. The van der Waals surface area contributed by atoms with Crippen LogP contribution in [-0.4, -0.2) is 44.5 Å². The fourth-order valence-electron chi connectivity index (χ4n) is 4.32. The van der Waals surface area contributed by atoms with E-state index in [-0.39, 0.29) is 18.2 Å². The second kappa shape index (κ2) is 12.0. The second-order valence-corrected chi connectivity index (χ2v) is 9.18. The van der Waals surface area contributed by atoms with Gasteiger partial charge in [-0.15, -0.1) is 0 Å². The average molecular weight is 529 g/mol. The normalized spacial score (nSPS) is 13.3. The van der Waals surface area contributed by atoms with Crippen LogP contribution in [0.4, 0.5) is 0 Å². The van der Waals surface area contributed by atoms with Crippen molar-refractivity contribution in [3.05, 3.63) is 117 Å². The quantitative estimate of drug-likeness (QED) is 0.246. The maximum atomic E-state index is 13.5. The molecule has 3 aromatic carbocycles. The van der Waals surface area contributed by atoms with Gasteiger partial charge in [0.2, 0.25) is 11.8 Å². The molecule has 1 heterocycles. The Kier molecular flexibility index (Phi) is 8.35. The van der Waals surface area contributed by atoms with Crippen LogP contribution in [0.25, 0.3) is 10.9 Å². The van der Waals surface area contributed by atoms with Crippen LogP contribution in [0.5, 0.6) is 0 Å². The molecule has 3 atom stereocenters. The molecule has 39 heavy (non-hydrogen) atoms. The molecule has 1 aromatic heterocycles. The standard InChI is InChI=1S/C29H28N4O6/c1-18(25(34)31-23(28(37)38)16-19-10-4-2-5-11-19)30-26(35)24(17-20-12-6-3-7-13-20)33-27(36)21-14-8-9-15-22(21)32-29(33)39/h2-15,18,23-24H,16-17H2,1H3,(H,30,35)(H,31,34)(H,32,39)(H,37,38). The van der Waals surface area contributed by atoms with Gasteiger partial charge < -0.3 is 20.7 Å². The van der Waals surface area contributed by atoms with Crippen LogP contribution < -0.4 is 21.9 Å². The molecule has 2 amide bonds. The lowest BCUT2D eigenvalue weighted by Gasteiger charge is -2.23. The number of para-hydroxylation sites is 1. The zero-order valence-electron chi connectivity index (χ0n) is 21.2. The van der Waals surface area contributed by atoms with Gasteiger partial charge in [0, 0.05) is 12.8 Å². The van der Waals surface area contributed by atoms with Gasteiger partial charge in [0.1, 0.15) is 18.1 Å². The summed E-state index contributed by atoms with van der Waals surface area (Å²) in [4.78, 5) is 67.1. The van der Waals surface area contributed by atoms with Gasteiger partial charge in [0.05, 0.1) is 10.9 Å². The van der Waals surface area contributed by atoms with Crippen molar-refractivity contribution in [2.24, 2.45) is 0 Å². The molecule has 200 valence electrons. The number of aromatic amines is 1. The summed E-state index contributed by atoms with van der Waals surface area (Å²) in [6.07, 6.45) is 0.0647. The van der Waals surface area contributed by atoms with Gasteiger partial charge in [0.25, 0.3) is 5.56 Å². The Hall–Kier alpha value is -4.99. The number of benzene rings is 3. The highest BCUT2D eigenvalue weighted by molar-refractivity contribution is 5.91. The third-order valence-corrected chi connectivity index (χ3v) is 6.37. The van der Waals surface area contributed by atoms with Crippen molar-refractivity contribution < 1.29 is 19.5 Å². The maximum Gasteiger partial charge on any atom is 0.329 e. The van der Waals surface area contributed by atoms with Crippen LogP contribution in [0.2, 0.25) is 0 Å². The van der Waals surface area contributed by atoms with Crippen LogP contribution in [0.1, 0.15) is 24.1 Å². The predicted octanol–water partition coefficient (Wildman–Crippen LogP) is 1.79. The Labute approximate surface area is 223 Å². The number of carbonyl (C=O) groups is 3. The number of amides is 2. The van der Waals surface area contributed by atoms with Crippen molar-refractivity contribution in [1.29, 1.82) is 0 Å². The second-order valence-electron chi connectivity index (χ2n) is 9.18. The molecule has 0 aliphatic heterocycles. The minimum atomic E-state index is -1.27. The molecule has 0 spiro atoms. The summed E-state index contributed by atoms with van der Waals surface area (Å²) < 4.78 is 0.852. The number of H-pyrrole nitrogens is 1. The van der Waals surface area contributed by atoms with Crippen molar-refractivity contribution in [2.75, 3.05) is 0 Å². The number of hydrogen-bond donors (Lipinski definition) is 4. The summed E-state index contributed by atoms with van der Waals surface area (Å²) in [5.41, 5.74) is 0.355. The highest BCUT2D eigenvalue weighted by atomic mass is 16.4. The van der Waals surface area contributed by atoms with E-state index in [9.17, 15) is 29.1 Å².